The minimum atomic E-state index is 0.325. The van der Waals surface area contributed by atoms with E-state index >= 15 is 0 Å². The number of aryl methyl sites for hydroxylation is 2. The normalized spacial score (nSPS) is 10.8. The first-order chi connectivity index (χ1) is 5.70. The van der Waals surface area contributed by atoms with Crippen LogP contribution < -0.4 is 0 Å². The van der Waals surface area contributed by atoms with Crippen LogP contribution in [0, 0.1) is 13.8 Å². The second kappa shape index (κ2) is 2.24. The molecule has 0 fully saturated rings. The van der Waals surface area contributed by atoms with Crippen molar-refractivity contribution in [2.45, 2.75) is 13.8 Å². The summed E-state index contributed by atoms with van der Waals surface area (Å²) >= 11 is 0. The molecule has 0 atom stereocenters. The molecule has 1 heterocycles. The van der Waals surface area contributed by atoms with Crippen molar-refractivity contribution in [1.29, 1.82) is 0 Å². The third-order valence-corrected chi connectivity index (χ3v) is 2.08. The molecule has 0 radical (unpaired) electrons. The molecule has 3 heteroatoms. The molecule has 0 unspecified atom stereocenters. The summed E-state index contributed by atoms with van der Waals surface area (Å²) in [5.74, 6) is 0.325. The van der Waals surface area contributed by atoms with Gasteiger partial charge in [-0.05, 0) is 25.5 Å². The number of aromatic nitrogens is 1. The molecular weight excluding hydrogens is 154 g/mol. The van der Waals surface area contributed by atoms with Gasteiger partial charge in [0.2, 0.25) is 0 Å². The van der Waals surface area contributed by atoms with Crippen molar-refractivity contribution in [1.82, 2.24) is 5.16 Å². The molecule has 0 amide bonds. The molecule has 1 aromatic carbocycles. The molecule has 1 N–H and O–H groups in total. The summed E-state index contributed by atoms with van der Waals surface area (Å²) in [7, 11) is 0. The molecule has 3 nitrogen and oxygen atoms in total. The molecule has 0 spiro atoms. The summed E-state index contributed by atoms with van der Waals surface area (Å²) < 4.78 is 4.97. The molecule has 12 heavy (non-hydrogen) atoms. The van der Waals surface area contributed by atoms with Gasteiger partial charge in [0, 0.05) is 10.9 Å². The van der Waals surface area contributed by atoms with Gasteiger partial charge in [-0.15, -0.1) is 0 Å². The maximum atomic E-state index is 9.55. The lowest BCUT2D eigenvalue weighted by Gasteiger charge is -2.01. The third-order valence-electron chi connectivity index (χ3n) is 2.08. The fraction of sp³-hybridized carbons (Fsp3) is 0.222. The van der Waals surface area contributed by atoms with Gasteiger partial charge in [0.25, 0.3) is 0 Å². The van der Waals surface area contributed by atoms with Crippen LogP contribution in [-0.4, -0.2) is 10.3 Å². The Bertz CT molecular complexity index is 431. The number of hydrogen-bond donors (Lipinski definition) is 1. The van der Waals surface area contributed by atoms with E-state index in [9.17, 15) is 5.11 Å². The SMILES string of the molecule is Cc1cc2oncc2c(C)c1O. The number of hydrogen-bond acceptors (Lipinski definition) is 3. The van der Waals surface area contributed by atoms with Gasteiger partial charge in [-0.2, -0.15) is 0 Å². The van der Waals surface area contributed by atoms with Gasteiger partial charge in [-0.3, -0.25) is 0 Å². The molecule has 0 saturated heterocycles. The van der Waals surface area contributed by atoms with E-state index < -0.39 is 0 Å². The highest BCUT2D eigenvalue weighted by atomic mass is 16.5. The van der Waals surface area contributed by atoms with Crippen LogP contribution in [0.3, 0.4) is 0 Å². The average molecular weight is 163 g/mol. The number of phenols is 1. The Hall–Kier alpha value is -1.51. The molecule has 62 valence electrons. The van der Waals surface area contributed by atoms with E-state index in [-0.39, 0.29) is 0 Å². The van der Waals surface area contributed by atoms with Gasteiger partial charge in [0.05, 0.1) is 6.20 Å². The van der Waals surface area contributed by atoms with Crippen molar-refractivity contribution in [3.63, 3.8) is 0 Å². The molecule has 0 aliphatic rings. The zero-order valence-corrected chi connectivity index (χ0v) is 6.96. The average Bonchev–Trinajstić information content (AvgIpc) is 2.48. The predicted octanol–water partition coefficient (Wildman–Crippen LogP) is 2.15. The lowest BCUT2D eigenvalue weighted by atomic mass is 10.1. The Morgan fingerprint density at radius 3 is 2.92 bits per heavy atom. The Balaban J connectivity index is 2.94. The van der Waals surface area contributed by atoms with Gasteiger partial charge >= 0.3 is 0 Å². The van der Waals surface area contributed by atoms with Crippen molar-refractivity contribution in [3.05, 3.63) is 23.4 Å². The first-order valence-electron chi connectivity index (χ1n) is 3.73. The zero-order chi connectivity index (χ0) is 8.72. The lowest BCUT2D eigenvalue weighted by molar-refractivity contribution is 0.453. The third kappa shape index (κ3) is 0.794. The molecule has 0 bridgehead atoms. The van der Waals surface area contributed by atoms with Gasteiger partial charge in [-0.25, -0.2) is 0 Å². The van der Waals surface area contributed by atoms with Gasteiger partial charge in [0.15, 0.2) is 5.58 Å². The highest BCUT2D eigenvalue weighted by molar-refractivity contribution is 5.83. The highest BCUT2D eigenvalue weighted by Gasteiger charge is 2.08. The van der Waals surface area contributed by atoms with Gasteiger partial charge in [-0.1, -0.05) is 5.16 Å². The lowest BCUT2D eigenvalue weighted by Crippen LogP contribution is -1.80. The Labute approximate surface area is 69.6 Å². The maximum absolute atomic E-state index is 9.55. The Morgan fingerprint density at radius 2 is 2.17 bits per heavy atom. The summed E-state index contributed by atoms with van der Waals surface area (Å²) in [5.41, 5.74) is 2.37. The predicted molar refractivity (Wildman–Crippen MR) is 45.1 cm³/mol. The topological polar surface area (TPSA) is 46.3 Å². The zero-order valence-electron chi connectivity index (χ0n) is 6.96. The van der Waals surface area contributed by atoms with Crippen LogP contribution in [0.15, 0.2) is 16.8 Å². The van der Waals surface area contributed by atoms with E-state index in [1.54, 1.807) is 12.3 Å². The van der Waals surface area contributed by atoms with Crippen LogP contribution in [-0.2, 0) is 0 Å². The minimum Gasteiger partial charge on any atom is -0.507 e. The number of benzene rings is 1. The largest absolute Gasteiger partial charge is 0.507 e. The Morgan fingerprint density at radius 1 is 1.42 bits per heavy atom. The van der Waals surface area contributed by atoms with Crippen LogP contribution in [0.2, 0.25) is 0 Å². The fourth-order valence-electron chi connectivity index (χ4n) is 1.32. The van der Waals surface area contributed by atoms with Crippen LogP contribution in [0.25, 0.3) is 11.0 Å². The standard InChI is InChI=1S/C9H9NO2/c1-5-3-8-7(4-10-12-8)6(2)9(5)11/h3-4,11H,1-2H3. The van der Waals surface area contributed by atoms with Gasteiger partial charge < -0.3 is 9.63 Å². The van der Waals surface area contributed by atoms with Gasteiger partial charge in [0.1, 0.15) is 5.75 Å². The van der Waals surface area contributed by atoms with E-state index in [1.807, 2.05) is 13.8 Å². The van der Waals surface area contributed by atoms with E-state index in [0.717, 1.165) is 22.1 Å². The van der Waals surface area contributed by atoms with Crippen molar-refractivity contribution < 1.29 is 9.63 Å². The smallest absolute Gasteiger partial charge is 0.167 e. The number of nitrogens with zero attached hydrogens (tertiary/aromatic N) is 1. The first kappa shape index (κ1) is 7.16. The second-order valence-corrected chi connectivity index (χ2v) is 2.90. The number of phenolic OH excluding ortho intramolecular Hbond substituents is 1. The highest BCUT2D eigenvalue weighted by Crippen LogP contribution is 2.29. The van der Waals surface area contributed by atoms with E-state index in [0.29, 0.717) is 5.75 Å². The van der Waals surface area contributed by atoms with Crippen molar-refractivity contribution in [3.8, 4) is 5.75 Å². The first-order valence-corrected chi connectivity index (χ1v) is 3.73. The second-order valence-electron chi connectivity index (χ2n) is 2.90. The molecule has 1 aromatic heterocycles. The number of fused-ring (bicyclic) bond motifs is 1. The summed E-state index contributed by atoms with van der Waals surface area (Å²) in [6.45, 7) is 3.69. The van der Waals surface area contributed by atoms with Crippen molar-refractivity contribution >= 4 is 11.0 Å². The molecule has 0 saturated carbocycles. The summed E-state index contributed by atoms with van der Waals surface area (Å²) in [6.07, 6.45) is 1.61. The summed E-state index contributed by atoms with van der Waals surface area (Å²) in [4.78, 5) is 0. The molecule has 2 rings (SSSR count). The molecular formula is C9H9NO2. The number of aromatic hydroxyl groups is 1. The maximum Gasteiger partial charge on any atom is 0.167 e. The summed E-state index contributed by atoms with van der Waals surface area (Å²) in [5, 5.41) is 14.1. The van der Waals surface area contributed by atoms with Crippen molar-refractivity contribution in [2.24, 2.45) is 0 Å². The van der Waals surface area contributed by atoms with Crippen molar-refractivity contribution in [2.75, 3.05) is 0 Å². The van der Waals surface area contributed by atoms with Crippen LogP contribution in [0.4, 0.5) is 0 Å². The summed E-state index contributed by atoms with van der Waals surface area (Å²) in [6, 6.07) is 1.78. The van der Waals surface area contributed by atoms with E-state index in [2.05, 4.69) is 5.16 Å². The molecule has 0 aliphatic carbocycles. The molecule has 2 aromatic rings. The number of rotatable bonds is 0. The van der Waals surface area contributed by atoms with E-state index in [4.69, 9.17) is 4.52 Å². The minimum absolute atomic E-state index is 0.325. The van der Waals surface area contributed by atoms with Crippen LogP contribution in [0.5, 0.6) is 5.75 Å². The quantitative estimate of drug-likeness (QED) is 0.647. The Kier molecular flexibility index (Phi) is 1.33. The van der Waals surface area contributed by atoms with E-state index in [1.165, 1.54) is 0 Å². The fourth-order valence-corrected chi connectivity index (χ4v) is 1.32. The monoisotopic (exact) mass is 163 g/mol. The van der Waals surface area contributed by atoms with Crippen LogP contribution in [0.1, 0.15) is 11.1 Å². The van der Waals surface area contributed by atoms with Crippen LogP contribution >= 0.6 is 0 Å². The molecule has 0 aliphatic heterocycles.